The maximum absolute atomic E-state index is 12.2. The third-order valence-electron chi connectivity index (χ3n) is 4.44. The molecule has 0 atom stereocenters. The van der Waals surface area contributed by atoms with Crippen molar-refractivity contribution in [2.75, 3.05) is 56.2 Å². The molecule has 0 saturated carbocycles. The molecule has 6 nitrogen and oxygen atoms in total. The van der Waals surface area contributed by atoms with Crippen molar-refractivity contribution < 1.29 is 14.3 Å². The summed E-state index contributed by atoms with van der Waals surface area (Å²) >= 11 is 6.41. The van der Waals surface area contributed by atoms with Gasteiger partial charge in [-0.25, -0.2) is 0 Å². The summed E-state index contributed by atoms with van der Waals surface area (Å²) in [5, 5.41) is 6.72. The molecule has 7 heteroatoms. The Hall–Kier alpha value is -2.44. The SMILES string of the molecule is Cc1cccc(OCCNC(=O)CNc2cccc(Cl)c2N2CCOCC2)c1. The summed E-state index contributed by atoms with van der Waals surface area (Å²) in [6, 6.07) is 13.5. The zero-order valence-corrected chi connectivity index (χ0v) is 16.8. The molecule has 1 saturated heterocycles. The van der Waals surface area contributed by atoms with Crippen LogP contribution in [0.5, 0.6) is 5.75 Å². The van der Waals surface area contributed by atoms with Gasteiger partial charge in [0.05, 0.1) is 42.7 Å². The number of benzene rings is 2. The van der Waals surface area contributed by atoms with Gasteiger partial charge >= 0.3 is 0 Å². The minimum atomic E-state index is -0.0965. The predicted molar refractivity (Wildman–Crippen MR) is 113 cm³/mol. The van der Waals surface area contributed by atoms with Gasteiger partial charge in [-0.05, 0) is 36.8 Å². The maximum atomic E-state index is 12.2. The number of carbonyl (C=O) groups excluding carboxylic acids is 1. The van der Waals surface area contributed by atoms with Gasteiger partial charge in [0.15, 0.2) is 0 Å². The normalized spacial score (nSPS) is 13.9. The number of aryl methyl sites for hydroxylation is 1. The fraction of sp³-hybridized carbons (Fsp3) is 0.381. The van der Waals surface area contributed by atoms with E-state index in [1.807, 2.05) is 49.4 Å². The van der Waals surface area contributed by atoms with Gasteiger partial charge in [-0.15, -0.1) is 0 Å². The molecule has 2 aromatic rings. The fourth-order valence-corrected chi connectivity index (χ4v) is 3.36. The van der Waals surface area contributed by atoms with Gasteiger partial charge in [0.1, 0.15) is 12.4 Å². The average Bonchev–Trinajstić information content (AvgIpc) is 2.70. The number of nitrogens with one attached hydrogen (secondary N) is 2. The highest BCUT2D eigenvalue weighted by Crippen LogP contribution is 2.34. The molecule has 150 valence electrons. The van der Waals surface area contributed by atoms with E-state index >= 15 is 0 Å². The molecule has 28 heavy (non-hydrogen) atoms. The van der Waals surface area contributed by atoms with Crippen LogP contribution >= 0.6 is 11.6 Å². The molecule has 1 amide bonds. The van der Waals surface area contributed by atoms with Crippen molar-refractivity contribution in [1.82, 2.24) is 5.32 Å². The number of anilines is 2. The van der Waals surface area contributed by atoms with Gasteiger partial charge in [-0.1, -0.05) is 29.8 Å². The van der Waals surface area contributed by atoms with E-state index in [-0.39, 0.29) is 12.5 Å². The third kappa shape index (κ3) is 5.78. The molecule has 1 heterocycles. The first-order valence-corrected chi connectivity index (χ1v) is 9.82. The van der Waals surface area contributed by atoms with Crippen LogP contribution < -0.4 is 20.3 Å². The van der Waals surface area contributed by atoms with Gasteiger partial charge in [-0.2, -0.15) is 0 Å². The van der Waals surface area contributed by atoms with E-state index in [1.165, 1.54) is 0 Å². The number of carbonyl (C=O) groups is 1. The van der Waals surface area contributed by atoms with Crippen molar-refractivity contribution in [3.63, 3.8) is 0 Å². The molecule has 1 fully saturated rings. The first-order valence-electron chi connectivity index (χ1n) is 9.45. The molecular formula is C21H26ClN3O3. The lowest BCUT2D eigenvalue weighted by Gasteiger charge is -2.31. The molecule has 0 aromatic heterocycles. The van der Waals surface area contributed by atoms with Gasteiger partial charge < -0.3 is 25.0 Å². The lowest BCUT2D eigenvalue weighted by Crippen LogP contribution is -2.37. The monoisotopic (exact) mass is 403 g/mol. The fourth-order valence-electron chi connectivity index (χ4n) is 3.07. The quantitative estimate of drug-likeness (QED) is 0.663. The smallest absolute Gasteiger partial charge is 0.239 e. The highest BCUT2D eigenvalue weighted by molar-refractivity contribution is 6.34. The van der Waals surface area contributed by atoms with Crippen molar-refractivity contribution in [3.8, 4) is 5.75 Å². The van der Waals surface area contributed by atoms with E-state index < -0.39 is 0 Å². The summed E-state index contributed by atoms with van der Waals surface area (Å²) < 4.78 is 11.1. The number of rotatable bonds is 8. The standard InChI is InChI=1S/C21H26ClN3O3/c1-16-4-2-5-17(14-16)28-11-8-23-20(26)15-24-19-7-3-6-18(22)21(19)25-9-12-27-13-10-25/h2-7,14,24H,8-13,15H2,1H3,(H,23,26). The number of para-hydroxylation sites is 1. The Labute approximate surface area is 170 Å². The summed E-state index contributed by atoms with van der Waals surface area (Å²) in [5.74, 6) is 0.710. The van der Waals surface area contributed by atoms with Crippen molar-refractivity contribution >= 4 is 28.9 Å². The molecule has 2 N–H and O–H groups in total. The van der Waals surface area contributed by atoms with Crippen molar-refractivity contribution in [2.24, 2.45) is 0 Å². The maximum Gasteiger partial charge on any atom is 0.239 e. The van der Waals surface area contributed by atoms with Crippen LogP contribution in [0.15, 0.2) is 42.5 Å². The van der Waals surface area contributed by atoms with Gasteiger partial charge in [-0.3, -0.25) is 4.79 Å². The molecule has 1 aliphatic heterocycles. The topological polar surface area (TPSA) is 62.8 Å². The van der Waals surface area contributed by atoms with E-state index in [2.05, 4.69) is 15.5 Å². The Morgan fingerprint density at radius 1 is 1.21 bits per heavy atom. The molecule has 0 radical (unpaired) electrons. The number of amides is 1. The lowest BCUT2D eigenvalue weighted by atomic mass is 10.2. The van der Waals surface area contributed by atoms with E-state index in [1.54, 1.807) is 0 Å². The lowest BCUT2D eigenvalue weighted by molar-refractivity contribution is -0.119. The summed E-state index contributed by atoms with van der Waals surface area (Å²) in [6.07, 6.45) is 0. The molecule has 3 rings (SSSR count). The summed E-state index contributed by atoms with van der Waals surface area (Å²) in [6.45, 7) is 5.95. The van der Waals surface area contributed by atoms with E-state index in [4.69, 9.17) is 21.1 Å². The number of ether oxygens (including phenoxy) is 2. The minimum absolute atomic E-state index is 0.0965. The van der Waals surface area contributed by atoms with Gasteiger partial charge in [0.25, 0.3) is 0 Å². The molecule has 0 bridgehead atoms. The first kappa shape index (κ1) is 20.3. The van der Waals surface area contributed by atoms with Gasteiger partial charge in [0, 0.05) is 13.1 Å². The van der Waals surface area contributed by atoms with E-state index in [9.17, 15) is 4.79 Å². The Balaban J connectivity index is 1.46. The van der Waals surface area contributed by atoms with Crippen LogP contribution in [0.4, 0.5) is 11.4 Å². The Morgan fingerprint density at radius 2 is 2.00 bits per heavy atom. The number of halogens is 1. The number of hydrogen-bond donors (Lipinski definition) is 2. The minimum Gasteiger partial charge on any atom is -0.492 e. The predicted octanol–water partition coefficient (Wildman–Crippen LogP) is 3.09. The van der Waals surface area contributed by atoms with Crippen LogP contribution in [0.25, 0.3) is 0 Å². The summed E-state index contributed by atoms with van der Waals surface area (Å²) in [7, 11) is 0. The van der Waals surface area contributed by atoms with Crippen LogP contribution in [0.1, 0.15) is 5.56 Å². The number of nitrogens with zero attached hydrogens (tertiary/aromatic N) is 1. The van der Waals surface area contributed by atoms with Crippen LogP contribution in [0.2, 0.25) is 5.02 Å². The Bertz CT molecular complexity index is 794. The number of morpholine rings is 1. The van der Waals surface area contributed by atoms with E-state index in [0.717, 1.165) is 35.8 Å². The average molecular weight is 404 g/mol. The van der Waals surface area contributed by atoms with Crippen molar-refractivity contribution in [1.29, 1.82) is 0 Å². The third-order valence-corrected chi connectivity index (χ3v) is 4.74. The molecule has 0 unspecified atom stereocenters. The molecule has 0 aliphatic carbocycles. The van der Waals surface area contributed by atoms with Crippen LogP contribution in [0.3, 0.4) is 0 Å². The molecule has 0 spiro atoms. The Kier molecular flexibility index (Phi) is 7.39. The number of hydrogen-bond acceptors (Lipinski definition) is 5. The summed E-state index contributed by atoms with van der Waals surface area (Å²) in [4.78, 5) is 14.3. The highest BCUT2D eigenvalue weighted by Gasteiger charge is 2.18. The molecule has 2 aromatic carbocycles. The largest absolute Gasteiger partial charge is 0.492 e. The van der Waals surface area contributed by atoms with Crippen molar-refractivity contribution in [3.05, 3.63) is 53.1 Å². The van der Waals surface area contributed by atoms with Crippen LogP contribution in [-0.4, -0.2) is 51.9 Å². The van der Waals surface area contributed by atoms with Crippen molar-refractivity contribution in [2.45, 2.75) is 6.92 Å². The van der Waals surface area contributed by atoms with Crippen LogP contribution in [0, 0.1) is 6.92 Å². The zero-order valence-electron chi connectivity index (χ0n) is 16.0. The second-order valence-electron chi connectivity index (χ2n) is 6.60. The molecular weight excluding hydrogens is 378 g/mol. The highest BCUT2D eigenvalue weighted by atomic mass is 35.5. The second-order valence-corrected chi connectivity index (χ2v) is 7.01. The molecule has 1 aliphatic rings. The summed E-state index contributed by atoms with van der Waals surface area (Å²) in [5.41, 5.74) is 2.91. The zero-order chi connectivity index (χ0) is 19.8. The Morgan fingerprint density at radius 3 is 2.79 bits per heavy atom. The second kappa shape index (κ2) is 10.2. The van der Waals surface area contributed by atoms with Gasteiger partial charge in [0.2, 0.25) is 5.91 Å². The van der Waals surface area contributed by atoms with Crippen LogP contribution in [-0.2, 0) is 9.53 Å². The first-order chi connectivity index (χ1) is 13.6. The van der Waals surface area contributed by atoms with E-state index in [0.29, 0.717) is 31.4 Å².